The van der Waals surface area contributed by atoms with Crippen LogP contribution in [0.15, 0.2) is 18.2 Å². The van der Waals surface area contributed by atoms with E-state index in [1.165, 1.54) is 0 Å². The fourth-order valence-electron chi connectivity index (χ4n) is 2.39. The second-order valence-electron chi connectivity index (χ2n) is 5.01. The number of nitrogens with two attached hydrogens (primary N) is 1. The van der Waals surface area contributed by atoms with Crippen LogP contribution in [0.2, 0.25) is 0 Å². The minimum Gasteiger partial charge on any atom is -0.497 e. The first-order chi connectivity index (χ1) is 8.58. The van der Waals surface area contributed by atoms with Crippen molar-refractivity contribution >= 4 is 0 Å². The average molecular weight is 251 g/mol. The third-order valence-corrected chi connectivity index (χ3v) is 3.46. The molecule has 0 bridgehead atoms. The van der Waals surface area contributed by atoms with Gasteiger partial charge in [-0.25, -0.2) is 0 Å². The molecule has 0 saturated heterocycles. The number of methoxy groups -OCH3 is 2. The molecule has 1 unspecified atom stereocenters. The standard InChI is InChI=1S/C14H21NO3/c1-14(6-7-16-2)9-12(15)11-5-4-10(17-3)8-13(11)18-14/h4-5,8,12H,6-7,9,15H2,1-3H3/t12-,14?/m1/s1. The molecule has 1 aliphatic heterocycles. The highest BCUT2D eigenvalue weighted by atomic mass is 16.5. The van der Waals surface area contributed by atoms with Crippen molar-refractivity contribution in [2.24, 2.45) is 5.73 Å². The summed E-state index contributed by atoms with van der Waals surface area (Å²) in [6.07, 6.45) is 1.63. The third kappa shape index (κ3) is 2.60. The van der Waals surface area contributed by atoms with E-state index < -0.39 is 0 Å². The lowest BCUT2D eigenvalue weighted by molar-refractivity contribution is 0.0214. The highest BCUT2D eigenvalue weighted by Gasteiger charge is 2.35. The molecule has 4 heteroatoms. The topological polar surface area (TPSA) is 53.7 Å². The van der Waals surface area contributed by atoms with Gasteiger partial charge in [0.15, 0.2) is 0 Å². The van der Waals surface area contributed by atoms with Gasteiger partial charge in [-0.2, -0.15) is 0 Å². The van der Waals surface area contributed by atoms with E-state index >= 15 is 0 Å². The van der Waals surface area contributed by atoms with Crippen molar-refractivity contribution in [2.45, 2.75) is 31.4 Å². The molecule has 1 aromatic rings. The molecule has 0 spiro atoms. The zero-order chi connectivity index (χ0) is 13.2. The van der Waals surface area contributed by atoms with Crippen LogP contribution >= 0.6 is 0 Å². The first-order valence-corrected chi connectivity index (χ1v) is 6.19. The zero-order valence-corrected chi connectivity index (χ0v) is 11.2. The van der Waals surface area contributed by atoms with Gasteiger partial charge < -0.3 is 19.9 Å². The van der Waals surface area contributed by atoms with Gasteiger partial charge in [-0.1, -0.05) is 6.07 Å². The van der Waals surface area contributed by atoms with Crippen LogP contribution in [-0.2, 0) is 4.74 Å². The van der Waals surface area contributed by atoms with E-state index in [-0.39, 0.29) is 11.6 Å². The summed E-state index contributed by atoms with van der Waals surface area (Å²) < 4.78 is 16.4. The lowest BCUT2D eigenvalue weighted by Crippen LogP contribution is -2.41. The van der Waals surface area contributed by atoms with E-state index in [2.05, 4.69) is 6.92 Å². The normalized spacial score (nSPS) is 26.3. The van der Waals surface area contributed by atoms with Gasteiger partial charge in [-0.05, 0) is 13.0 Å². The molecule has 4 nitrogen and oxygen atoms in total. The lowest BCUT2D eigenvalue weighted by Gasteiger charge is -2.38. The summed E-state index contributed by atoms with van der Waals surface area (Å²) in [7, 11) is 3.34. The highest BCUT2D eigenvalue weighted by Crippen LogP contribution is 2.41. The van der Waals surface area contributed by atoms with Crippen molar-refractivity contribution in [2.75, 3.05) is 20.8 Å². The van der Waals surface area contributed by atoms with E-state index in [0.717, 1.165) is 29.9 Å². The van der Waals surface area contributed by atoms with Gasteiger partial charge in [0.2, 0.25) is 0 Å². The summed E-state index contributed by atoms with van der Waals surface area (Å²) >= 11 is 0. The predicted molar refractivity (Wildman–Crippen MR) is 70.1 cm³/mol. The van der Waals surface area contributed by atoms with Gasteiger partial charge in [-0.3, -0.25) is 0 Å². The Bertz CT molecular complexity index is 422. The van der Waals surface area contributed by atoms with Crippen molar-refractivity contribution in [1.82, 2.24) is 0 Å². The molecular formula is C14H21NO3. The van der Waals surface area contributed by atoms with Crippen LogP contribution in [0.25, 0.3) is 0 Å². The maximum atomic E-state index is 6.22. The average Bonchev–Trinajstić information content (AvgIpc) is 2.35. The van der Waals surface area contributed by atoms with E-state index in [4.69, 9.17) is 19.9 Å². The highest BCUT2D eigenvalue weighted by molar-refractivity contribution is 5.44. The first-order valence-electron chi connectivity index (χ1n) is 6.19. The van der Waals surface area contributed by atoms with E-state index in [1.54, 1.807) is 14.2 Å². The molecule has 0 aromatic heterocycles. The second kappa shape index (κ2) is 5.16. The molecule has 2 rings (SSSR count). The maximum absolute atomic E-state index is 6.22. The number of benzene rings is 1. The SMILES string of the molecule is COCCC1(C)C[C@@H](N)c2ccc(OC)cc2O1. The van der Waals surface area contributed by atoms with E-state index in [9.17, 15) is 0 Å². The van der Waals surface area contributed by atoms with Crippen LogP contribution in [-0.4, -0.2) is 26.4 Å². The van der Waals surface area contributed by atoms with E-state index in [0.29, 0.717) is 6.61 Å². The molecule has 1 aromatic carbocycles. The Hall–Kier alpha value is -1.26. The number of ether oxygens (including phenoxy) is 3. The first kappa shape index (κ1) is 13.2. The second-order valence-corrected chi connectivity index (χ2v) is 5.01. The molecule has 1 aliphatic rings. The lowest BCUT2D eigenvalue weighted by atomic mass is 9.87. The summed E-state index contributed by atoms with van der Waals surface area (Å²) in [5.41, 5.74) is 7.00. The van der Waals surface area contributed by atoms with Gasteiger partial charge in [0.05, 0.1) is 7.11 Å². The van der Waals surface area contributed by atoms with Crippen molar-refractivity contribution in [3.63, 3.8) is 0 Å². The van der Waals surface area contributed by atoms with Crippen LogP contribution in [0.1, 0.15) is 31.4 Å². The molecule has 18 heavy (non-hydrogen) atoms. The van der Waals surface area contributed by atoms with Crippen molar-refractivity contribution < 1.29 is 14.2 Å². The fraction of sp³-hybridized carbons (Fsp3) is 0.571. The number of hydrogen-bond donors (Lipinski definition) is 1. The predicted octanol–water partition coefficient (Wildman–Crippen LogP) is 2.27. The van der Waals surface area contributed by atoms with Gasteiger partial charge in [0.25, 0.3) is 0 Å². The minimum atomic E-state index is -0.269. The molecule has 100 valence electrons. The molecule has 1 heterocycles. The van der Waals surface area contributed by atoms with Crippen LogP contribution in [0.3, 0.4) is 0 Å². The Morgan fingerprint density at radius 1 is 1.44 bits per heavy atom. The molecular weight excluding hydrogens is 230 g/mol. The van der Waals surface area contributed by atoms with Crippen LogP contribution < -0.4 is 15.2 Å². The third-order valence-electron chi connectivity index (χ3n) is 3.46. The molecule has 0 aliphatic carbocycles. The van der Waals surface area contributed by atoms with Gasteiger partial charge >= 0.3 is 0 Å². The monoisotopic (exact) mass is 251 g/mol. The molecule has 2 atom stereocenters. The molecule has 0 amide bonds. The molecule has 0 fully saturated rings. The number of rotatable bonds is 4. The largest absolute Gasteiger partial charge is 0.497 e. The van der Waals surface area contributed by atoms with Crippen LogP contribution in [0.4, 0.5) is 0 Å². The van der Waals surface area contributed by atoms with Crippen LogP contribution in [0, 0.1) is 0 Å². The Morgan fingerprint density at radius 2 is 2.22 bits per heavy atom. The van der Waals surface area contributed by atoms with Crippen LogP contribution in [0.5, 0.6) is 11.5 Å². The summed E-state index contributed by atoms with van der Waals surface area (Å²) in [6.45, 7) is 2.75. The molecule has 0 saturated carbocycles. The zero-order valence-electron chi connectivity index (χ0n) is 11.2. The Labute approximate surface area is 108 Å². The molecule has 0 radical (unpaired) electrons. The Morgan fingerprint density at radius 3 is 2.89 bits per heavy atom. The van der Waals surface area contributed by atoms with Crippen molar-refractivity contribution in [1.29, 1.82) is 0 Å². The Kier molecular flexibility index (Phi) is 3.78. The van der Waals surface area contributed by atoms with Crippen molar-refractivity contribution in [3.05, 3.63) is 23.8 Å². The summed E-state index contributed by atoms with van der Waals surface area (Å²) in [4.78, 5) is 0. The quantitative estimate of drug-likeness (QED) is 0.892. The Balaban J connectivity index is 2.25. The summed E-state index contributed by atoms with van der Waals surface area (Å²) in [6, 6.07) is 5.80. The minimum absolute atomic E-state index is 0.00140. The van der Waals surface area contributed by atoms with Gasteiger partial charge in [-0.15, -0.1) is 0 Å². The summed E-state index contributed by atoms with van der Waals surface area (Å²) in [5, 5.41) is 0. The molecule has 2 N–H and O–H groups in total. The van der Waals surface area contributed by atoms with Gasteiger partial charge in [0, 0.05) is 44.2 Å². The van der Waals surface area contributed by atoms with Crippen molar-refractivity contribution in [3.8, 4) is 11.5 Å². The fourth-order valence-corrected chi connectivity index (χ4v) is 2.39. The smallest absolute Gasteiger partial charge is 0.128 e. The van der Waals surface area contributed by atoms with E-state index in [1.807, 2.05) is 18.2 Å². The number of hydrogen-bond acceptors (Lipinski definition) is 4. The summed E-state index contributed by atoms with van der Waals surface area (Å²) in [5.74, 6) is 1.61. The maximum Gasteiger partial charge on any atom is 0.128 e. The number of fused-ring (bicyclic) bond motifs is 1. The van der Waals surface area contributed by atoms with Gasteiger partial charge in [0.1, 0.15) is 17.1 Å².